The summed E-state index contributed by atoms with van der Waals surface area (Å²) in [7, 11) is 1.66. The smallest absolute Gasteiger partial charge is 0.320 e. The number of hydrogen-bond donors (Lipinski definition) is 0. The summed E-state index contributed by atoms with van der Waals surface area (Å²) < 4.78 is 5.07. The molecule has 0 spiro atoms. The lowest BCUT2D eigenvalue weighted by atomic mass is 10.3. The Morgan fingerprint density at radius 2 is 1.73 bits per heavy atom. The maximum atomic E-state index is 12.0. The van der Waals surface area contributed by atoms with Crippen LogP contribution in [0.15, 0.2) is 0 Å². The fraction of sp³-hybridized carbons (Fsp3) is 0.909. The molecule has 0 saturated carbocycles. The van der Waals surface area contributed by atoms with Gasteiger partial charge < -0.3 is 14.5 Å². The third kappa shape index (κ3) is 4.08. The van der Waals surface area contributed by atoms with Crippen LogP contribution in [0.1, 0.15) is 27.7 Å². The second-order valence-electron chi connectivity index (χ2n) is 3.55. The molecule has 0 aromatic carbocycles. The van der Waals surface area contributed by atoms with Crippen LogP contribution in [0.4, 0.5) is 4.79 Å². The van der Waals surface area contributed by atoms with Crippen LogP contribution in [0.2, 0.25) is 0 Å². The van der Waals surface area contributed by atoms with Gasteiger partial charge in [-0.15, -0.1) is 0 Å². The van der Waals surface area contributed by atoms with Gasteiger partial charge in [0, 0.05) is 26.7 Å². The summed E-state index contributed by atoms with van der Waals surface area (Å²) in [5.74, 6) is 0. The molecule has 0 bridgehead atoms. The van der Waals surface area contributed by atoms with Crippen molar-refractivity contribution < 1.29 is 9.53 Å². The van der Waals surface area contributed by atoms with Gasteiger partial charge in [0.2, 0.25) is 0 Å². The van der Waals surface area contributed by atoms with Gasteiger partial charge in [-0.2, -0.15) is 0 Å². The molecule has 0 aromatic rings. The Kier molecular flexibility index (Phi) is 7.13. The molecule has 0 radical (unpaired) electrons. The summed E-state index contributed by atoms with van der Waals surface area (Å²) in [6, 6.07) is 0.236. The van der Waals surface area contributed by atoms with E-state index in [1.165, 1.54) is 0 Å². The van der Waals surface area contributed by atoms with Gasteiger partial charge in [-0.05, 0) is 27.7 Å². The van der Waals surface area contributed by atoms with Gasteiger partial charge in [-0.3, -0.25) is 0 Å². The summed E-state index contributed by atoms with van der Waals surface area (Å²) in [6.45, 7) is 10.8. The number of likely N-dealkylation sites (N-methyl/N-ethyl adjacent to an activating group) is 1. The highest BCUT2D eigenvalue weighted by Gasteiger charge is 2.21. The Morgan fingerprint density at radius 1 is 1.20 bits per heavy atom. The van der Waals surface area contributed by atoms with Crippen LogP contribution in [-0.2, 0) is 4.74 Å². The average molecular weight is 216 g/mol. The normalized spacial score (nSPS) is 12.3. The van der Waals surface area contributed by atoms with Crippen molar-refractivity contribution in [1.82, 2.24) is 9.80 Å². The lowest BCUT2D eigenvalue weighted by Gasteiger charge is -2.32. The van der Waals surface area contributed by atoms with E-state index in [2.05, 4.69) is 0 Å². The summed E-state index contributed by atoms with van der Waals surface area (Å²) in [4.78, 5) is 15.7. The molecule has 90 valence electrons. The zero-order valence-corrected chi connectivity index (χ0v) is 10.6. The number of rotatable bonds is 6. The van der Waals surface area contributed by atoms with Crippen molar-refractivity contribution >= 4 is 6.03 Å². The van der Waals surface area contributed by atoms with Crippen molar-refractivity contribution in [3.8, 4) is 0 Å². The number of urea groups is 1. The second kappa shape index (κ2) is 7.51. The Morgan fingerprint density at radius 3 is 2.07 bits per heavy atom. The molecule has 0 aliphatic carbocycles. The van der Waals surface area contributed by atoms with Gasteiger partial charge in [0.15, 0.2) is 0 Å². The zero-order chi connectivity index (χ0) is 11.8. The van der Waals surface area contributed by atoms with E-state index >= 15 is 0 Å². The van der Waals surface area contributed by atoms with Gasteiger partial charge in [-0.1, -0.05) is 0 Å². The van der Waals surface area contributed by atoms with Crippen molar-refractivity contribution in [2.24, 2.45) is 0 Å². The number of amides is 2. The number of hydrogen-bond acceptors (Lipinski definition) is 2. The molecule has 15 heavy (non-hydrogen) atoms. The minimum Gasteiger partial charge on any atom is -0.383 e. The molecular formula is C11H24N2O2. The average Bonchev–Trinajstić information content (AvgIpc) is 2.21. The van der Waals surface area contributed by atoms with E-state index in [4.69, 9.17) is 4.74 Å². The summed E-state index contributed by atoms with van der Waals surface area (Å²) in [5.41, 5.74) is 0. The number of carbonyl (C=O) groups is 1. The van der Waals surface area contributed by atoms with Crippen LogP contribution in [0.3, 0.4) is 0 Å². The summed E-state index contributed by atoms with van der Waals surface area (Å²) in [6.07, 6.45) is 0. The van der Waals surface area contributed by atoms with E-state index in [1.54, 1.807) is 7.11 Å². The van der Waals surface area contributed by atoms with Gasteiger partial charge >= 0.3 is 6.03 Å². The van der Waals surface area contributed by atoms with E-state index in [9.17, 15) is 4.79 Å². The van der Waals surface area contributed by atoms with E-state index in [0.29, 0.717) is 6.61 Å². The van der Waals surface area contributed by atoms with Gasteiger partial charge in [0.05, 0.1) is 12.6 Å². The third-order valence-corrected chi connectivity index (χ3v) is 2.56. The van der Waals surface area contributed by atoms with Gasteiger partial charge in [0.1, 0.15) is 0 Å². The Bertz CT molecular complexity index is 181. The standard InChI is InChI=1S/C11H24N2O2/c1-6-12(7-2)11(14)13(8-3)10(4)9-15-5/h10H,6-9H2,1-5H3. The molecular weight excluding hydrogens is 192 g/mol. The minimum atomic E-state index is 0.104. The van der Waals surface area contributed by atoms with Gasteiger partial charge in [0.25, 0.3) is 0 Å². The molecule has 1 atom stereocenters. The SMILES string of the molecule is CCN(CC)C(=O)N(CC)C(C)COC. The molecule has 2 amide bonds. The third-order valence-electron chi connectivity index (χ3n) is 2.56. The Hall–Kier alpha value is -0.770. The molecule has 1 unspecified atom stereocenters. The molecule has 0 N–H and O–H groups in total. The molecule has 0 aromatic heterocycles. The van der Waals surface area contributed by atoms with Crippen LogP contribution < -0.4 is 0 Å². The fourth-order valence-corrected chi connectivity index (χ4v) is 1.64. The van der Waals surface area contributed by atoms with Crippen LogP contribution in [0.25, 0.3) is 0 Å². The highest BCUT2D eigenvalue weighted by Crippen LogP contribution is 2.05. The molecule has 0 saturated heterocycles. The van der Waals surface area contributed by atoms with E-state index in [1.807, 2.05) is 37.5 Å². The van der Waals surface area contributed by atoms with Crippen molar-refractivity contribution in [1.29, 1.82) is 0 Å². The predicted octanol–water partition coefficient (Wildman–Crippen LogP) is 1.81. The number of ether oxygens (including phenoxy) is 1. The molecule has 4 heteroatoms. The van der Waals surface area contributed by atoms with E-state index < -0.39 is 0 Å². The van der Waals surface area contributed by atoms with Crippen molar-refractivity contribution in [2.45, 2.75) is 33.7 Å². The summed E-state index contributed by atoms with van der Waals surface area (Å²) in [5, 5.41) is 0. The first-order chi connectivity index (χ1) is 7.12. The van der Waals surface area contributed by atoms with Gasteiger partial charge in [-0.25, -0.2) is 4.79 Å². The molecule has 0 aliphatic heterocycles. The maximum absolute atomic E-state index is 12.0. The summed E-state index contributed by atoms with van der Waals surface area (Å²) >= 11 is 0. The van der Waals surface area contributed by atoms with Crippen molar-refractivity contribution in [3.05, 3.63) is 0 Å². The lowest BCUT2D eigenvalue weighted by Crippen LogP contribution is -2.48. The van der Waals surface area contributed by atoms with Crippen LogP contribution in [-0.4, -0.2) is 55.2 Å². The lowest BCUT2D eigenvalue weighted by molar-refractivity contribution is 0.0969. The van der Waals surface area contributed by atoms with Crippen LogP contribution in [0.5, 0.6) is 0 Å². The monoisotopic (exact) mass is 216 g/mol. The van der Waals surface area contributed by atoms with Crippen LogP contribution >= 0.6 is 0 Å². The number of carbonyl (C=O) groups excluding carboxylic acids is 1. The molecule has 0 rings (SSSR count). The zero-order valence-electron chi connectivity index (χ0n) is 10.6. The van der Waals surface area contributed by atoms with E-state index in [-0.39, 0.29) is 12.1 Å². The Balaban J connectivity index is 4.44. The van der Waals surface area contributed by atoms with Crippen molar-refractivity contribution in [2.75, 3.05) is 33.4 Å². The first-order valence-electron chi connectivity index (χ1n) is 5.66. The maximum Gasteiger partial charge on any atom is 0.320 e. The predicted molar refractivity (Wildman–Crippen MR) is 62.0 cm³/mol. The number of methoxy groups -OCH3 is 1. The largest absolute Gasteiger partial charge is 0.383 e. The topological polar surface area (TPSA) is 32.8 Å². The highest BCUT2D eigenvalue weighted by molar-refractivity contribution is 5.74. The van der Waals surface area contributed by atoms with E-state index in [0.717, 1.165) is 19.6 Å². The molecule has 0 fully saturated rings. The second-order valence-corrected chi connectivity index (χ2v) is 3.55. The molecule has 0 aliphatic rings. The Labute approximate surface area is 93.2 Å². The number of nitrogens with zero attached hydrogens (tertiary/aromatic N) is 2. The highest BCUT2D eigenvalue weighted by atomic mass is 16.5. The van der Waals surface area contributed by atoms with Crippen molar-refractivity contribution in [3.63, 3.8) is 0 Å². The minimum absolute atomic E-state index is 0.104. The molecule has 4 nitrogen and oxygen atoms in total. The van der Waals surface area contributed by atoms with Crippen LogP contribution in [0, 0.1) is 0 Å². The fourth-order valence-electron chi connectivity index (χ4n) is 1.64. The first-order valence-corrected chi connectivity index (χ1v) is 5.66. The quantitative estimate of drug-likeness (QED) is 0.678. The first kappa shape index (κ1) is 14.2. The molecule has 0 heterocycles.